The number of nitrogens with zero attached hydrogens (tertiary/aromatic N) is 2. The summed E-state index contributed by atoms with van der Waals surface area (Å²) in [5.41, 5.74) is 0.969. The Balaban J connectivity index is 2.14. The number of ether oxygens (including phenoxy) is 1. The number of rotatable bonds is 6. The predicted molar refractivity (Wildman–Crippen MR) is 93.7 cm³/mol. The van der Waals surface area contributed by atoms with Gasteiger partial charge in [0.2, 0.25) is 0 Å². The van der Waals surface area contributed by atoms with Crippen molar-refractivity contribution in [1.29, 1.82) is 0 Å². The van der Waals surface area contributed by atoms with Crippen LogP contribution in [-0.2, 0) is 4.74 Å². The van der Waals surface area contributed by atoms with Crippen molar-refractivity contribution in [3.8, 4) is 0 Å². The normalized spacial score (nSPS) is 10.1. The van der Waals surface area contributed by atoms with Crippen molar-refractivity contribution in [2.75, 3.05) is 18.2 Å². The molecule has 1 N–H and O–H groups in total. The largest absolute Gasteiger partial charge is 0.465 e. The van der Waals surface area contributed by atoms with Crippen LogP contribution in [-0.4, -0.2) is 34.7 Å². The monoisotopic (exact) mass is 363 g/mol. The lowest BCUT2D eigenvalue weighted by Crippen LogP contribution is -2.15. The Kier molecular flexibility index (Phi) is 6.34. The molecule has 0 atom stereocenters. The van der Waals surface area contributed by atoms with Crippen LogP contribution in [0.15, 0.2) is 48.3 Å². The second-order valence-corrected chi connectivity index (χ2v) is 5.87. The number of esters is 1. The molecule has 0 radical (unpaired) electrons. The minimum Gasteiger partial charge on any atom is -0.465 e. The molecule has 124 valence electrons. The van der Waals surface area contributed by atoms with Gasteiger partial charge < -0.3 is 10.1 Å². The molecule has 8 heteroatoms. The highest BCUT2D eigenvalue weighted by Crippen LogP contribution is 2.20. The molecule has 24 heavy (non-hydrogen) atoms. The molecule has 6 nitrogen and oxygen atoms in total. The maximum Gasteiger partial charge on any atom is 0.337 e. The van der Waals surface area contributed by atoms with Crippen molar-refractivity contribution in [3.05, 3.63) is 59.4 Å². The van der Waals surface area contributed by atoms with Crippen molar-refractivity contribution in [2.45, 2.75) is 5.16 Å². The summed E-state index contributed by atoms with van der Waals surface area (Å²) in [7, 11) is 1.30. The molecule has 1 aromatic heterocycles. The molecule has 0 spiro atoms. The smallest absolute Gasteiger partial charge is 0.337 e. The van der Waals surface area contributed by atoms with Crippen LogP contribution in [0.4, 0.5) is 5.69 Å². The minimum atomic E-state index is -0.464. The topological polar surface area (TPSA) is 81.2 Å². The van der Waals surface area contributed by atoms with E-state index in [1.54, 1.807) is 30.3 Å². The number of aromatic nitrogens is 2. The van der Waals surface area contributed by atoms with Crippen LogP contribution in [0.5, 0.6) is 0 Å². The molecular formula is C16H14ClN3O3S. The fraction of sp³-hybridized carbons (Fsp3) is 0.125. The van der Waals surface area contributed by atoms with Gasteiger partial charge in [0, 0.05) is 11.4 Å². The maximum atomic E-state index is 12.3. The number of anilines is 1. The third-order valence-electron chi connectivity index (χ3n) is 2.83. The first-order valence-corrected chi connectivity index (χ1v) is 8.17. The molecule has 1 amide bonds. The number of amides is 1. The highest BCUT2D eigenvalue weighted by molar-refractivity contribution is 7.99. The van der Waals surface area contributed by atoms with Gasteiger partial charge in [-0.2, -0.15) is 0 Å². The molecule has 1 heterocycles. The van der Waals surface area contributed by atoms with E-state index >= 15 is 0 Å². The maximum absolute atomic E-state index is 12.3. The van der Waals surface area contributed by atoms with Crippen molar-refractivity contribution < 1.29 is 14.3 Å². The molecule has 0 unspecified atom stereocenters. The Morgan fingerprint density at radius 3 is 2.71 bits per heavy atom. The van der Waals surface area contributed by atoms with Crippen molar-refractivity contribution >= 4 is 40.9 Å². The number of hydrogen-bond donors (Lipinski definition) is 1. The third-order valence-corrected chi connectivity index (χ3v) is 3.97. The van der Waals surface area contributed by atoms with Gasteiger partial charge in [0.15, 0.2) is 10.9 Å². The second kappa shape index (κ2) is 8.47. The zero-order chi connectivity index (χ0) is 17.5. The van der Waals surface area contributed by atoms with Gasteiger partial charge in [-0.3, -0.25) is 4.79 Å². The Morgan fingerprint density at radius 1 is 1.38 bits per heavy atom. The SMILES string of the molecule is C=CCSc1ncc(Cl)c(C(=O)Nc2ccc(C(=O)OC)cc2)n1. The summed E-state index contributed by atoms with van der Waals surface area (Å²) in [6.45, 7) is 3.62. The number of thioether (sulfide) groups is 1. The quantitative estimate of drug-likeness (QED) is 0.366. The summed E-state index contributed by atoms with van der Waals surface area (Å²) in [6, 6.07) is 6.28. The van der Waals surface area contributed by atoms with E-state index < -0.39 is 11.9 Å². The molecule has 0 aliphatic rings. The number of nitrogens with one attached hydrogen (secondary N) is 1. The summed E-state index contributed by atoms with van der Waals surface area (Å²) < 4.78 is 4.62. The molecule has 0 aliphatic heterocycles. The minimum absolute atomic E-state index is 0.0790. The Morgan fingerprint density at radius 2 is 2.08 bits per heavy atom. The van der Waals surface area contributed by atoms with Gasteiger partial charge in [0.05, 0.1) is 23.9 Å². The number of methoxy groups -OCH3 is 1. The van der Waals surface area contributed by atoms with Gasteiger partial charge in [-0.15, -0.1) is 6.58 Å². The van der Waals surface area contributed by atoms with Gasteiger partial charge >= 0.3 is 5.97 Å². The van der Waals surface area contributed by atoms with Crippen molar-refractivity contribution in [2.24, 2.45) is 0 Å². The fourth-order valence-electron chi connectivity index (χ4n) is 1.71. The van der Waals surface area contributed by atoms with E-state index in [0.717, 1.165) is 0 Å². The van der Waals surface area contributed by atoms with Crippen molar-refractivity contribution in [1.82, 2.24) is 9.97 Å². The van der Waals surface area contributed by atoms with E-state index in [-0.39, 0.29) is 10.7 Å². The predicted octanol–water partition coefficient (Wildman–Crippen LogP) is 3.45. The van der Waals surface area contributed by atoms with E-state index in [1.807, 2.05) is 0 Å². The first-order valence-electron chi connectivity index (χ1n) is 6.81. The summed E-state index contributed by atoms with van der Waals surface area (Å²) in [6.07, 6.45) is 3.10. The summed E-state index contributed by atoms with van der Waals surface area (Å²) in [5, 5.41) is 3.26. The first-order chi connectivity index (χ1) is 11.5. The number of halogens is 1. The van der Waals surface area contributed by atoms with Gasteiger partial charge in [-0.1, -0.05) is 29.4 Å². The van der Waals surface area contributed by atoms with Crippen LogP contribution >= 0.6 is 23.4 Å². The highest BCUT2D eigenvalue weighted by atomic mass is 35.5. The fourth-order valence-corrected chi connectivity index (χ4v) is 2.44. The van der Waals surface area contributed by atoms with Crippen LogP contribution < -0.4 is 5.32 Å². The Hall–Kier alpha value is -2.38. The van der Waals surface area contributed by atoms with E-state index in [2.05, 4.69) is 26.6 Å². The highest BCUT2D eigenvalue weighted by Gasteiger charge is 2.15. The molecular weight excluding hydrogens is 350 g/mol. The molecule has 0 aliphatic carbocycles. The van der Waals surface area contributed by atoms with Gasteiger partial charge in [-0.25, -0.2) is 14.8 Å². The number of carbonyl (C=O) groups is 2. The standard InChI is InChI=1S/C16H14ClN3O3S/c1-3-8-24-16-18-9-12(17)13(20-16)14(21)19-11-6-4-10(5-7-11)15(22)23-2/h3-7,9H,1,8H2,2H3,(H,19,21). The lowest BCUT2D eigenvalue weighted by Gasteiger charge is -2.07. The number of hydrogen-bond acceptors (Lipinski definition) is 6. The van der Waals surface area contributed by atoms with Gasteiger partial charge in [-0.05, 0) is 24.3 Å². The van der Waals surface area contributed by atoms with Crippen LogP contribution in [0.1, 0.15) is 20.8 Å². The van der Waals surface area contributed by atoms with Crippen molar-refractivity contribution in [3.63, 3.8) is 0 Å². The molecule has 0 fully saturated rings. The summed E-state index contributed by atoms with van der Waals surface area (Å²) in [4.78, 5) is 31.9. The average Bonchev–Trinajstić information content (AvgIpc) is 2.60. The molecule has 1 aromatic carbocycles. The van der Waals surface area contributed by atoms with E-state index in [4.69, 9.17) is 11.6 Å². The Bertz CT molecular complexity index is 766. The Labute approximate surface area is 148 Å². The van der Waals surface area contributed by atoms with Crippen LogP contribution in [0, 0.1) is 0 Å². The van der Waals surface area contributed by atoms with Gasteiger partial charge in [0.25, 0.3) is 5.91 Å². The zero-order valence-corrected chi connectivity index (χ0v) is 14.4. The lowest BCUT2D eigenvalue weighted by atomic mass is 10.2. The van der Waals surface area contributed by atoms with E-state index in [1.165, 1.54) is 25.1 Å². The molecule has 0 saturated carbocycles. The number of carbonyl (C=O) groups excluding carboxylic acids is 2. The van der Waals surface area contributed by atoms with Crippen LogP contribution in [0.2, 0.25) is 5.02 Å². The molecule has 2 aromatic rings. The molecule has 2 rings (SSSR count). The first kappa shape index (κ1) is 18.0. The lowest BCUT2D eigenvalue weighted by molar-refractivity contribution is 0.0600. The second-order valence-electron chi connectivity index (χ2n) is 4.47. The van der Waals surface area contributed by atoms with Crippen LogP contribution in [0.3, 0.4) is 0 Å². The number of benzene rings is 1. The van der Waals surface area contributed by atoms with Crippen LogP contribution in [0.25, 0.3) is 0 Å². The zero-order valence-electron chi connectivity index (χ0n) is 12.8. The third kappa shape index (κ3) is 4.56. The summed E-state index contributed by atoms with van der Waals surface area (Å²) >= 11 is 7.34. The van der Waals surface area contributed by atoms with E-state index in [0.29, 0.717) is 22.2 Å². The molecule has 0 bridgehead atoms. The molecule has 0 saturated heterocycles. The summed E-state index contributed by atoms with van der Waals surface area (Å²) in [5.74, 6) is -0.290. The van der Waals surface area contributed by atoms with E-state index in [9.17, 15) is 9.59 Å². The van der Waals surface area contributed by atoms with Gasteiger partial charge in [0.1, 0.15) is 0 Å². The average molecular weight is 364 g/mol.